The van der Waals surface area contributed by atoms with Gasteiger partial charge in [0.2, 0.25) is 0 Å². The Morgan fingerprint density at radius 1 is 0.625 bits per heavy atom. The number of fused-ring (bicyclic) bond motifs is 2. The van der Waals surface area contributed by atoms with Crippen LogP contribution in [0.4, 0.5) is 25.8 Å². The monoisotopic (exact) mass is 784 g/mol. The first-order valence-electron chi connectivity index (χ1n) is 17.8. The van der Waals surface area contributed by atoms with E-state index in [0.717, 1.165) is 33.2 Å². The number of ether oxygens (including phenoxy) is 4. The molecule has 4 aromatic rings. The fraction of sp³-hybridized carbons (Fsp3) is 0.513. The van der Waals surface area contributed by atoms with E-state index in [1.807, 2.05) is 60.6 Å². The summed E-state index contributed by atoms with van der Waals surface area (Å²) in [7, 11) is 0. The molecule has 0 aliphatic carbocycles. The maximum atomic E-state index is 11.8. The lowest BCUT2D eigenvalue weighted by Gasteiger charge is -2.25. The van der Waals surface area contributed by atoms with E-state index in [4.69, 9.17) is 19.9 Å². The zero-order valence-corrected chi connectivity index (χ0v) is 34.5. The van der Waals surface area contributed by atoms with Gasteiger partial charge in [-0.1, -0.05) is 27.7 Å². The molecule has 0 saturated carbocycles. The van der Waals surface area contributed by atoms with Crippen molar-refractivity contribution in [2.45, 2.75) is 118 Å². The van der Waals surface area contributed by atoms with Gasteiger partial charge in [-0.25, -0.2) is 14.4 Å². The molecule has 2 aromatic carbocycles. The molecule has 56 heavy (non-hydrogen) atoms. The maximum Gasteiger partial charge on any atom is 0.519 e. The van der Waals surface area contributed by atoms with Crippen molar-refractivity contribution in [1.29, 1.82) is 0 Å². The minimum Gasteiger partial charge on any atom is -0.444 e. The first-order chi connectivity index (χ1) is 25.4. The van der Waals surface area contributed by atoms with E-state index in [2.05, 4.69) is 20.0 Å². The molecule has 0 unspecified atom stereocenters. The number of nitro groups is 2. The number of amides is 1. The number of aromatic amines is 2. The van der Waals surface area contributed by atoms with Gasteiger partial charge < -0.3 is 40.0 Å². The van der Waals surface area contributed by atoms with Crippen molar-refractivity contribution in [2.24, 2.45) is 5.73 Å². The highest BCUT2D eigenvalue weighted by atomic mass is 16.8. The average Bonchev–Trinajstić information content (AvgIpc) is 3.66. The first-order valence-corrected chi connectivity index (χ1v) is 17.8. The Labute approximate surface area is 326 Å². The Kier molecular flexibility index (Phi) is 14.8. The van der Waals surface area contributed by atoms with Gasteiger partial charge in [0.15, 0.2) is 0 Å². The zero-order chi connectivity index (χ0) is 43.0. The summed E-state index contributed by atoms with van der Waals surface area (Å²) in [6.45, 7) is 24.4. The number of nitrogens with zero attached hydrogens (tertiary/aromatic N) is 2. The number of carbonyl (C=O) groups excluding carboxylic acids is 3. The van der Waals surface area contributed by atoms with Gasteiger partial charge in [-0.15, -0.1) is 0 Å². The van der Waals surface area contributed by atoms with Crippen molar-refractivity contribution in [1.82, 2.24) is 15.3 Å². The van der Waals surface area contributed by atoms with Crippen molar-refractivity contribution in [2.75, 3.05) is 13.1 Å². The summed E-state index contributed by atoms with van der Waals surface area (Å²) in [5, 5.41) is 25.9. The number of benzene rings is 2. The van der Waals surface area contributed by atoms with Crippen molar-refractivity contribution in [3.8, 4) is 0 Å². The molecule has 0 atom stereocenters. The number of carbonyl (C=O) groups is 3. The number of alkyl carbamates (subject to hydrolysis) is 1. The fourth-order valence-electron chi connectivity index (χ4n) is 4.62. The quantitative estimate of drug-likeness (QED) is 0.0451. The van der Waals surface area contributed by atoms with E-state index in [9.17, 15) is 34.6 Å². The predicted octanol–water partition coefficient (Wildman–Crippen LogP) is 9.06. The molecule has 0 spiro atoms. The summed E-state index contributed by atoms with van der Waals surface area (Å²) in [4.78, 5) is 61.1. The highest BCUT2D eigenvalue weighted by Gasteiger charge is 2.27. The van der Waals surface area contributed by atoms with Crippen LogP contribution in [-0.4, -0.2) is 68.1 Å². The van der Waals surface area contributed by atoms with Crippen LogP contribution in [0.2, 0.25) is 0 Å². The van der Waals surface area contributed by atoms with Gasteiger partial charge in [0, 0.05) is 81.4 Å². The second-order valence-corrected chi connectivity index (χ2v) is 17.3. The van der Waals surface area contributed by atoms with E-state index in [1.165, 1.54) is 18.2 Å². The number of hydrogen-bond acceptors (Lipinski definition) is 12. The third-order valence-electron chi connectivity index (χ3n) is 7.62. The molecule has 0 bridgehead atoms. The maximum absolute atomic E-state index is 11.8. The lowest BCUT2D eigenvalue weighted by atomic mass is 9.89. The molecule has 17 nitrogen and oxygen atoms in total. The summed E-state index contributed by atoms with van der Waals surface area (Å²) in [5.74, 6) is 0. The Bertz CT molecular complexity index is 2000. The zero-order valence-electron chi connectivity index (χ0n) is 34.5. The molecule has 0 saturated heterocycles. The number of hydrogen-bond donors (Lipinski definition) is 4. The molecule has 4 rings (SSSR count). The van der Waals surface area contributed by atoms with Crippen molar-refractivity contribution in [3.63, 3.8) is 0 Å². The minimum absolute atomic E-state index is 0.0535. The van der Waals surface area contributed by atoms with Gasteiger partial charge in [0.25, 0.3) is 11.4 Å². The van der Waals surface area contributed by atoms with Crippen LogP contribution in [0.15, 0.2) is 48.5 Å². The first kappa shape index (κ1) is 46.4. The summed E-state index contributed by atoms with van der Waals surface area (Å²) >= 11 is 0. The van der Waals surface area contributed by atoms with Crippen LogP contribution in [0, 0.1) is 20.2 Å². The van der Waals surface area contributed by atoms with Crippen LogP contribution in [0.5, 0.6) is 0 Å². The number of nitrogens with one attached hydrogen (secondary N) is 3. The van der Waals surface area contributed by atoms with Gasteiger partial charge in [-0.2, -0.15) is 0 Å². The van der Waals surface area contributed by atoms with Gasteiger partial charge in [-0.05, 0) is 86.6 Å². The molecule has 2 heterocycles. The Morgan fingerprint density at radius 3 is 1.34 bits per heavy atom. The summed E-state index contributed by atoms with van der Waals surface area (Å²) in [6.07, 6.45) is -2.59. The average molecular weight is 785 g/mol. The number of rotatable bonds is 7. The normalized spacial score (nSPS) is 12.0. The van der Waals surface area contributed by atoms with Crippen molar-refractivity contribution < 1.29 is 43.2 Å². The molecule has 17 heteroatoms. The van der Waals surface area contributed by atoms with E-state index >= 15 is 0 Å². The van der Waals surface area contributed by atoms with Crippen LogP contribution in [-0.2, 0) is 29.8 Å². The van der Waals surface area contributed by atoms with Gasteiger partial charge in [0.05, 0.1) is 9.85 Å². The van der Waals surface area contributed by atoms with Crippen LogP contribution in [0.1, 0.15) is 101 Å². The van der Waals surface area contributed by atoms with Gasteiger partial charge in [0.1, 0.15) is 16.8 Å². The van der Waals surface area contributed by atoms with Crippen molar-refractivity contribution >= 4 is 51.6 Å². The number of nitro benzene ring substituents is 2. The van der Waals surface area contributed by atoms with Crippen LogP contribution in [0.3, 0.4) is 0 Å². The predicted molar refractivity (Wildman–Crippen MR) is 213 cm³/mol. The molecular formula is C39H56N6O11. The molecular weight excluding hydrogens is 728 g/mol. The van der Waals surface area contributed by atoms with Gasteiger partial charge in [-0.3, -0.25) is 20.2 Å². The standard InChI is InChI=1S/C17H23N3O4.C12H15N3O2.C10H18O5/c1-16(2,3)24-15(21)18-10-17(4,5)14-9-11-8-12(20(22)23)6-7-13(11)19-14;1-12(2,7-13)11-6-8-5-9(15(16)17)3-4-10(8)14-11;1-9(2,3)14-7(11)13-8(12)15-10(4,5)6/h6-9,19H,10H2,1-5H3,(H,18,21);3-6,14H,7,13H2,1-2H3;1-6H3. The lowest BCUT2D eigenvalue weighted by molar-refractivity contribution is -0.384. The van der Waals surface area contributed by atoms with E-state index in [-0.39, 0.29) is 27.1 Å². The molecule has 2 aromatic heterocycles. The summed E-state index contributed by atoms with van der Waals surface area (Å²) < 4.78 is 19.0. The number of aromatic nitrogens is 2. The molecule has 0 aliphatic heterocycles. The molecule has 308 valence electrons. The highest BCUT2D eigenvalue weighted by molar-refractivity contribution is 5.84. The lowest BCUT2D eigenvalue weighted by Crippen LogP contribution is -2.39. The third-order valence-corrected chi connectivity index (χ3v) is 7.62. The second kappa shape index (κ2) is 17.8. The second-order valence-electron chi connectivity index (χ2n) is 17.3. The van der Waals surface area contributed by atoms with E-state index < -0.39 is 40.1 Å². The largest absolute Gasteiger partial charge is 0.519 e. The molecule has 0 aliphatic rings. The molecule has 1 amide bonds. The summed E-state index contributed by atoms with van der Waals surface area (Å²) in [5.41, 5.74) is 6.98. The van der Waals surface area contributed by atoms with Crippen molar-refractivity contribution in [3.05, 3.63) is 80.1 Å². The smallest absolute Gasteiger partial charge is 0.444 e. The van der Waals surface area contributed by atoms with E-state index in [1.54, 1.807) is 59.7 Å². The van der Waals surface area contributed by atoms with Crippen LogP contribution < -0.4 is 11.1 Å². The Hall–Kier alpha value is -5.71. The van der Waals surface area contributed by atoms with Crippen LogP contribution >= 0.6 is 0 Å². The molecule has 0 radical (unpaired) electrons. The third kappa shape index (κ3) is 15.2. The van der Waals surface area contributed by atoms with Gasteiger partial charge >= 0.3 is 18.4 Å². The molecule has 5 N–H and O–H groups in total. The number of H-pyrrole nitrogens is 2. The molecule has 0 fully saturated rings. The topological polar surface area (TPSA) is 244 Å². The Balaban J connectivity index is 0.000000301. The minimum atomic E-state index is -1.06. The number of nitrogens with two attached hydrogens (primary N) is 1. The van der Waals surface area contributed by atoms with E-state index in [0.29, 0.717) is 13.1 Å². The SMILES string of the molecule is CC(C)(C)OC(=O)NCC(C)(C)c1cc2cc([N+](=O)[O-])ccc2[nH]1.CC(C)(C)OC(=O)OC(=O)OC(C)(C)C.CC(C)(CN)c1cc2cc([N+](=O)[O-])ccc2[nH]1. The van der Waals surface area contributed by atoms with Crippen LogP contribution in [0.25, 0.3) is 21.8 Å². The highest BCUT2D eigenvalue weighted by Crippen LogP contribution is 2.29. The Morgan fingerprint density at radius 2 is 1.00 bits per heavy atom. The fourth-order valence-corrected chi connectivity index (χ4v) is 4.62. The summed E-state index contributed by atoms with van der Waals surface area (Å²) in [6, 6.07) is 13.3. The number of non-ortho nitro benzene ring substituents is 2.